The zero-order valence-corrected chi connectivity index (χ0v) is 16.6. The summed E-state index contributed by atoms with van der Waals surface area (Å²) in [6.07, 6.45) is 4.17. The van der Waals surface area contributed by atoms with Crippen molar-refractivity contribution >= 4 is 22.6 Å². The Morgan fingerprint density at radius 2 is 2.10 bits per heavy atom. The van der Waals surface area contributed by atoms with Gasteiger partial charge in [-0.3, -0.25) is 4.57 Å². The maximum Gasteiger partial charge on any atom is 0.330 e. The van der Waals surface area contributed by atoms with E-state index in [0.29, 0.717) is 18.2 Å². The van der Waals surface area contributed by atoms with Crippen molar-refractivity contribution in [3.63, 3.8) is 0 Å². The summed E-state index contributed by atoms with van der Waals surface area (Å²) < 4.78 is 7.66. The molecule has 0 fully saturated rings. The molecule has 1 aliphatic rings. The standard InChI is InChI=1S/C23H21N5O2/c1-15-3-2-4-17(11-15)27-23(29)28-10-8-16-12-18(5-6-21(16)28)30-22-19-13-24-9-7-20(19)25-14-26-22/h2-6,8,10-12,14,24H,7,9,13H2,1H3,(H,27,29). The first-order valence-corrected chi connectivity index (χ1v) is 9.88. The summed E-state index contributed by atoms with van der Waals surface area (Å²) >= 11 is 0. The monoisotopic (exact) mass is 399 g/mol. The van der Waals surface area contributed by atoms with Crippen LogP contribution in [0.1, 0.15) is 16.8 Å². The summed E-state index contributed by atoms with van der Waals surface area (Å²) in [5.41, 5.74) is 4.69. The third kappa shape index (κ3) is 3.51. The Morgan fingerprint density at radius 3 is 3.00 bits per heavy atom. The molecule has 0 spiro atoms. The van der Waals surface area contributed by atoms with Crippen molar-refractivity contribution < 1.29 is 9.53 Å². The highest BCUT2D eigenvalue weighted by Gasteiger charge is 2.17. The molecule has 2 N–H and O–H groups in total. The second-order valence-electron chi connectivity index (χ2n) is 7.34. The summed E-state index contributed by atoms with van der Waals surface area (Å²) in [6, 6.07) is 15.1. The van der Waals surface area contributed by atoms with Crippen molar-refractivity contribution in [3.8, 4) is 11.6 Å². The smallest absolute Gasteiger partial charge is 0.330 e. The molecule has 1 amide bonds. The van der Waals surface area contributed by atoms with Gasteiger partial charge < -0.3 is 15.4 Å². The third-order valence-electron chi connectivity index (χ3n) is 5.20. The number of nitrogens with zero attached hydrogens (tertiary/aromatic N) is 3. The van der Waals surface area contributed by atoms with Crippen LogP contribution in [0.5, 0.6) is 11.6 Å². The number of amides is 1. The average Bonchev–Trinajstić information content (AvgIpc) is 3.17. The van der Waals surface area contributed by atoms with Crippen LogP contribution < -0.4 is 15.4 Å². The second kappa shape index (κ2) is 7.61. The van der Waals surface area contributed by atoms with Gasteiger partial charge in [-0.25, -0.2) is 14.8 Å². The minimum Gasteiger partial charge on any atom is -0.439 e. The van der Waals surface area contributed by atoms with Crippen LogP contribution in [-0.2, 0) is 13.0 Å². The molecule has 0 bridgehead atoms. The van der Waals surface area contributed by atoms with Gasteiger partial charge in [-0.1, -0.05) is 12.1 Å². The number of hydrogen-bond donors (Lipinski definition) is 2. The molecule has 3 heterocycles. The van der Waals surface area contributed by atoms with Crippen molar-refractivity contribution in [1.82, 2.24) is 19.9 Å². The van der Waals surface area contributed by atoms with E-state index in [1.165, 1.54) is 0 Å². The van der Waals surface area contributed by atoms with E-state index in [1.54, 1.807) is 17.1 Å². The van der Waals surface area contributed by atoms with Crippen molar-refractivity contribution in [2.24, 2.45) is 0 Å². The fourth-order valence-electron chi connectivity index (χ4n) is 3.71. The molecule has 150 valence electrons. The summed E-state index contributed by atoms with van der Waals surface area (Å²) in [5.74, 6) is 1.24. The summed E-state index contributed by atoms with van der Waals surface area (Å²) in [6.45, 7) is 3.60. The van der Waals surface area contributed by atoms with E-state index in [1.807, 2.05) is 55.5 Å². The predicted octanol–water partition coefficient (Wildman–Crippen LogP) is 4.26. The molecule has 7 nitrogen and oxygen atoms in total. The largest absolute Gasteiger partial charge is 0.439 e. The van der Waals surface area contributed by atoms with Gasteiger partial charge in [0, 0.05) is 36.8 Å². The van der Waals surface area contributed by atoms with Crippen molar-refractivity contribution in [3.05, 3.63) is 77.9 Å². The van der Waals surface area contributed by atoms with E-state index in [-0.39, 0.29) is 6.03 Å². The number of benzene rings is 2. The van der Waals surface area contributed by atoms with Gasteiger partial charge >= 0.3 is 6.03 Å². The molecule has 0 saturated heterocycles. The number of aromatic nitrogens is 3. The number of hydrogen-bond acceptors (Lipinski definition) is 5. The second-order valence-corrected chi connectivity index (χ2v) is 7.34. The van der Waals surface area contributed by atoms with Crippen LogP contribution in [0, 0.1) is 6.92 Å². The van der Waals surface area contributed by atoms with Gasteiger partial charge in [0.25, 0.3) is 0 Å². The molecule has 0 unspecified atom stereocenters. The Bertz CT molecular complexity index is 1250. The average molecular weight is 399 g/mol. The molecule has 5 rings (SSSR count). The molecular weight excluding hydrogens is 378 g/mol. The summed E-state index contributed by atoms with van der Waals surface area (Å²) in [4.78, 5) is 21.4. The van der Waals surface area contributed by atoms with Gasteiger partial charge in [-0.15, -0.1) is 0 Å². The maximum atomic E-state index is 12.7. The lowest BCUT2D eigenvalue weighted by Gasteiger charge is -2.18. The number of rotatable bonds is 3. The van der Waals surface area contributed by atoms with Crippen LogP contribution in [0.2, 0.25) is 0 Å². The zero-order valence-electron chi connectivity index (χ0n) is 16.6. The highest BCUT2D eigenvalue weighted by Crippen LogP contribution is 2.29. The van der Waals surface area contributed by atoms with Crippen molar-refractivity contribution in [1.29, 1.82) is 0 Å². The highest BCUT2D eigenvalue weighted by atomic mass is 16.5. The van der Waals surface area contributed by atoms with Crippen LogP contribution in [0.15, 0.2) is 61.1 Å². The first-order valence-electron chi connectivity index (χ1n) is 9.88. The Hall–Kier alpha value is -3.71. The predicted molar refractivity (Wildman–Crippen MR) is 115 cm³/mol. The Labute approximate surface area is 173 Å². The molecule has 0 atom stereocenters. The number of aryl methyl sites for hydroxylation is 1. The van der Waals surface area contributed by atoms with Crippen molar-refractivity contribution in [2.45, 2.75) is 19.9 Å². The number of nitrogens with one attached hydrogen (secondary N) is 2. The summed E-state index contributed by atoms with van der Waals surface area (Å²) in [7, 11) is 0. The van der Waals surface area contributed by atoms with Gasteiger partial charge in [0.15, 0.2) is 0 Å². The fraction of sp³-hybridized carbons (Fsp3) is 0.174. The molecule has 0 radical (unpaired) electrons. The van der Waals surface area contributed by atoms with Crippen LogP contribution in [0.3, 0.4) is 0 Å². The lowest BCUT2D eigenvalue weighted by Crippen LogP contribution is -2.25. The number of ether oxygens (including phenoxy) is 1. The first kappa shape index (κ1) is 18.3. The number of fused-ring (bicyclic) bond motifs is 2. The molecule has 7 heteroatoms. The number of carbonyl (C=O) groups excluding carboxylic acids is 1. The molecule has 2 aromatic carbocycles. The van der Waals surface area contributed by atoms with Crippen LogP contribution in [0.4, 0.5) is 10.5 Å². The van der Waals surface area contributed by atoms with E-state index >= 15 is 0 Å². The molecule has 2 aromatic heterocycles. The molecular formula is C23H21N5O2. The topological polar surface area (TPSA) is 81.1 Å². The van der Waals surface area contributed by atoms with Crippen molar-refractivity contribution in [2.75, 3.05) is 11.9 Å². The Balaban J connectivity index is 1.40. The van der Waals surface area contributed by atoms with Crippen LogP contribution in [-0.4, -0.2) is 27.1 Å². The van der Waals surface area contributed by atoms with Gasteiger partial charge in [0.05, 0.1) is 16.8 Å². The Morgan fingerprint density at radius 1 is 1.17 bits per heavy atom. The number of anilines is 1. The van der Waals surface area contributed by atoms with Crippen LogP contribution >= 0.6 is 0 Å². The quantitative estimate of drug-likeness (QED) is 0.538. The van der Waals surface area contributed by atoms with E-state index in [9.17, 15) is 4.79 Å². The van der Waals surface area contributed by atoms with Crippen LogP contribution in [0.25, 0.3) is 10.9 Å². The minimum atomic E-state index is -0.208. The van der Waals surface area contributed by atoms with Gasteiger partial charge in [0.1, 0.15) is 12.1 Å². The maximum absolute atomic E-state index is 12.7. The van der Waals surface area contributed by atoms with E-state index in [0.717, 1.165) is 46.4 Å². The molecule has 4 aromatic rings. The minimum absolute atomic E-state index is 0.208. The molecule has 1 aliphatic heterocycles. The lowest BCUT2D eigenvalue weighted by atomic mass is 10.1. The molecule has 0 saturated carbocycles. The normalized spacial score (nSPS) is 13.1. The van der Waals surface area contributed by atoms with E-state index in [2.05, 4.69) is 20.6 Å². The van der Waals surface area contributed by atoms with Gasteiger partial charge in [-0.05, 0) is 48.9 Å². The third-order valence-corrected chi connectivity index (χ3v) is 5.20. The van der Waals surface area contributed by atoms with Gasteiger partial charge in [0.2, 0.25) is 5.88 Å². The van der Waals surface area contributed by atoms with E-state index < -0.39 is 0 Å². The lowest BCUT2D eigenvalue weighted by molar-refractivity contribution is 0.254. The fourth-order valence-corrected chi connectivity index (χ4v) is 3.71. The van der Waals surface area contributed by atoms with E-state index in [4.69, 9.17) is 4.74 Å². The Kier molecular flexibility index (Phi) is 4.65. The van der Waals surface area contributed by atoms with Gasteiger partial charge in [-0.2, -0.15) is 0 Å². The number of carbonyl (C=O) groups is 1. The molecule has 30 heavy (non-hydrogen) atoms. The summed E-state index contributed by atoms with van der Waals surface area (Å²) in [5, 5.41) is 7.17. The first-order chi connectivity index (χ1) is 14.7. The SMILES string of the molecule is Cc1cccc(NC(=O)n2ccc3cc(Oc4ncnc5c4CNCC5)ccc32)c1. The highest BCUT2D eigenvalue weighted by molar-refractivity contribution is 5.98. The molecule has 0 aliphatic carbocycles. The zero-order chi connectivity index (χ0) is 20.5.